The lowest BCUT2D eigenvalue weighted by Crippen LogP contribution is -2.41. The number of fused-ring (bicyclic) bond motifs is 1. The van der Waals surface area contributed by atoms with Crippen molar-refractivity contribution in [2.75, 3.05) is 27.7 Å². The first-order valence-electron chi connectivity index (χ1n) is 9.17. The number of rotatable bonds is 4. The Kier molecular flexibility index (Phi) is 7.60. The molecule has 1 aliphatic rings. The molecule has 0 spiro atoms. The topological polar surface area (TPSA) is 101 Å². The van der Waals surface area contributed by atoms with Gasteiger partial charge in [-0.25, -0.2) is 14.8 Å². The summed E-state index contributed by atoms with van der Waals surface area (Å²) in [6, 6.07) is 3.90. The number of methoxy groups -OCH3 is 1. The van der Waals surface area contributed by atoms with Crippen molar-refractivity contribution >= 4 is 11.9 Å². The molecule has 1 amide bonds. The second kappa shape index (κ2) is 9.77. The SMILES string of the molecule is COc1ncccc1CN1Cc2ncn(C)c2C(C(=O)N(C)C)C1.O=C(O)C(F)(F)F. The Morgan fingerprint density at radius 3 is 2.52 bits per heavy atom. The van der Waals surface area contributed by atoms with Crippen molar-refractivity contribution in [1.29, 1.82) is 0 Å². The molecule has 0 radical (unpaired) electrons. The van der Waals surface area contributed by atoms with Gasteiger partial charge in [0.2, 0.25) is 11.8 Å². The third-order valence-corrected chi connectivity index (χ3v) is 4.63. The van der Waals surface area contributed by atoms with Crippen LogP contribution in [0, 0.1) is 0 Å². The number of hydrogen-bond acceptors (Lipinski definition) is 6. The van der Waals surface area contributed by atoms with E-state index in [2.05, 4.69) is 14.9 Å². The van der Waals surface area contributed by atoms with Gasteiger partial charge in [0.1, 0.15) is 0 Å². The molecule has 1 N–H and O–H groups in total. The summed E-state index contributed by atoms with van der Waals surface area (Å²) in [6.45, 7) is 2.04. The van der Waals surface area contributed by atoms with Crippen LogP contribution in [0.25, 0.3) is 0 Å². The first kappa shape index (κ1) is 24.1. The number of amides is 1. The number of aromatic nitrogens is 3. The zero-order valence-corrected chi connectivity index (χ0v) is 17.5. The van der Waals surface area contributed by atoms with Crippen molar-refractivity contribution in [3.8, 4) is 5.88 Å². The Labute approximate surface area is 177 Å². The zero-order valence-electron chi connectivity index (χ0n) is 17.5. The molecular formula is C19H24F3N5O4. The molecule has 0 aromatic carbocycles. The summed E-state index contributed by atoms with van der Waals surface area (Å²) < 4.78 is 39.0. The molecule has 0 fully saturated rings. The van der Waals surface area contributed by atoms with Crippen LogP contribution in [0.4, 0.5) is 13.2 Å². The molecule has 0 saturated carbocycles. The summed E-state index contributed by atoms with van der Waals surface area (Å²) in [4.78, 5) is 34.2. The molecule has 0 aliphatic carbocycles. The predicted octanol–water partition coefficient (Wildman–Crippen LogP) is 1.64. The number of carboxylic acid groups (broad SMARTS) is 1. The second-order valence-corrected chi connectivity index (χ2v) is 7.12. The van der Waals surface area contributed by atoms with Gasteiger partial charge in [0, 0.05) is 52.5 Å². The molecule has 0 bridgehead atoms. The first-order chi connectivity index (χ1) is 14.5. The fourth-order valence-electron chi connectivity index (χ4n) is 3.27. The molecule has 1 unspecified atom stereocenters. The van der Waals surface area contributed by atoms with E-state index in [-0.39, 0.29) is 11.8 Å². The minimum Gasteiger partial charge on any atom is -0.481 e. The Morgan fingerprint density at radius 1 is 1.32 bits per heavy atom. The molecule has 3 rings (SSSR count). The standard InChI is InChI=1S/C17H23N5O2.C2HF3O2/c1-20(2)17(23)13-9-22(10-14-15(13)21(3)11-19-14)8-12-6-5-7-18-16(12)24-4;3-2(4,5)1(6)7/h5-7,11,13H,8-10H2,1-4H3;(H,6,7). The number of aliphatic carboxylic acids is 1. The lowest BCUT2D eigenvalue weighted by atomic mass is 9.96. The van der Waals surface area contributed by atoms with E-state index in [1.54, 1.807) is 38.6 Å². The average Bonchev–Trinajstić information content (AvgIpc) is 3.07. The van der Waals surface area contributed by atoms with E-state index in [1.807, 2.05) is 23.7 Å². The molecule has 3 heterocycles. The van der Waals surface area contributed by atoms with Crippen molar-refractivity contribution in [3.05, 3.63) is 41.6 Å². The number of aryl methyl sites for hydroxylation is 1. The van der Waals surface area contributed by atoms with Crippen LogP contribution in [0.15, 0.2) is 24.7 Å². The highest BCUT2D eigenvalue weighted by Crippen LogP contribution is 2.30. The predicted molar refractivity (Wildman–Crippen MR) is 103 cm³/mol. The summed E-state index contributed by atoms with van der Waals surface area (Å²) >= 11 is 0. The van der Waals surface area contributed by atoms with Gasteiger partial charge in [-0.1, -0.05) is 6.07 Å². The number of halogens is 3. The number of carbonyl (C=O) groups excluding carboxylic acids is 1. The number of ether oxygens (including phenoxy) is 1. The maximum atomic E-state index is 12.7. The maximum absolute atomic E-state index is 12.7. The van der Waals surface area contributed by atoms with Crippen LogP contribution in [0.5, 0.6) is 5.88 Å². The Morgan fingerprint density at radius 2 is 1.97 bits per heavy atom. The minimum absolute atomic E-state index is 0.0997. The van der Waals surface area contributed by atoms with E-state index in [4.69, 9.17) is 14.6 Å². The van der Waals surface area contributed by atoms with Crippen LogP contribution in [0.3, 0.4) is 0 Å². The summed E-state index contributed by atoms with van der Waals surface area (Å²) in [5, 5.41) is 7.12. The first-order valence-corrected chi connectivity index (χ1v) is 9.17. The highest BCUT2D eigenvalue weighted by Gasteiger charge is 2.38. The summed E-state index contributed by atoms with van der Waals surface area (Å²) in [5.41, 5.74) is 2.99. The lowest BCUT2D eigenvalue weighted by molar-refractivity contribution is -0.192. The Bertz CT molecular complexity index is 930. The highest BCUT2D eigenvalue weighted by molar-refractivity contribution is 5.83. The molecule has 170 valence electrons. The molecule has 2 aromatic heterocycles. The van der Waals surface area contributed by atoms with Gasteiger partial charge in [0.05, 0.1) is 30.7 Å². The smallest absolute Gasteiger partial charge is 0.481 e. The largest absolute Gasteiger partial charge is 0.490 e. The highest BCUT2D eigenvalue weighted by atomic mass is 19.4. The third kappa shape index (κ3) is 5.94. The third-order valence-electron chi connectivity index (χ3n) is 4.63. The van der Waals surface area contributed by atoms with E-state index < -0.39 is 12.1 Å². The quantitative estimate of drug-likeness (QED) is 0.767. The van der Waals surface area contributed by atoms with Crippen LogP contribution in [-0.2, 0) is 29.7 Å². The minimum atomic E-state index is -5.08. The fourth-order valence-corrected chi connectivity index (χ4v) is 3.27. The fraction of sp³-hybridized carbons (Fsp3) is 0.474. The van der Waals surface area contributed by atoms with Gasteiger partial charge in [0.25, 0.3) is 0 Å². The molecule has 2 aromatic rings. The molecule has 0 saturated heterocycles. The van der Waals surface area contributed by atoms with E-state index in [0.717, 1.165) is 17.0 Å². The Hall–Kier alpha value is -3.15. The number of carbonyl (C=O) groups is 2. The summed E-state index contributed by atoms with van der Waals surface area (Å²) in [6.07, 6.45) is -1.58. The number of likely N-dealkylation sites (N-methyl/N-ethyl adjacent to an activating group) is 1. The van der Waals surface area contributed by atoms with Crippen molar-refractivity contribution in [2.45, 2.75) is 25.2 Å². The molecule has 9 nitrogen and oxygen atoms in total. The van der Waals surface area contributed by atoms with Gasteiger partial charge in [-0.15, -0.1) is 0 Å². The van der Waals surface area contributed by atoms with Gasteiger partial charge in [0.15, 0.2) is 0 Å². The normalized spacial score (nSPS) is 16.0. The molecule has 12 heteroatoms. The van der Waals surface area contributed by atoms with Crippen LogP contribution >= 0.6 is 0 Å². The van der Waals surface area contributed by atoms with Gasteiger partial charge >= 0.3 is 12.1 Å². The molecule has 1 aliphatic heterocycles. The zero-order chi connectivity index (χ0) is 23.3. The number of alkyl halides is 3. The second-order valence-electron chi connectivity index (χ2n) is 7.12. The van der Waals surface area contributed by atoms with Crippen molar-refractivity contribution in [1.82, 2.24) is 24.3 Å². The Balaban J connectivity index is 0.000000423. The van der Waals surface area contributed by atoms with Crippen LogP contribution in [0.1, 0.15) is 22.9 Å². The summed E-state index contributed by atoms with van der Waals surface area (Å²) in [7, 11) is 7.15. The van der Waals surface area contributed by atoms with Crippen LogP contribution in [0.2, 0.25) is 0 Å². The van der Waals surface area contributed by atoms with Gasteiger partial charge in [-0.05, 0) is 6.07 Å². The van der Waals surface area contributed by atoms with E-state index >= 15 is 0 Å². The lowest BCUT2D eigenvalue weighted by Gasteiger charge is -2.33. The number of nitrogens with zero attached hydrogens (tertiary/aromatic N) is 5. The molecule has 31 heavy (non-hydrogen) atoms. The van der Waals surface area contributed by atoms with E-state index in [1.165, 1.54) is 0 Å². The van der Waals surface area contributed by atoms with Crippen molar-refractivity contribution in [3.63, 3.8) is 0 Å². The monoisotopic (exact) mass is 443 g/mol. The average molecular weight is 443 g/mol. The number of carboxylic acids is 1. The van der Waals surface area contributed by atoms with Crippen LogP contribution < -0.4 is 4.74 Å². The number of pyridine rings is 1. The summed E-state index contributed by atoms with van der Waals surface area (Å²) in [5.74, 6) is -2.24. The van der Waals surface area contributed by atoms with Crippen LogP contribution in [-0.4, -0.2) is 75.2 Å². The maximum Gasteiger partial charge on any atom is 0.490 e. The number of hydrogen-bond donors (Lipinski definition) is 1. The molecular weight excluding hydrogens is 419 g/mol. The van der Waals surface area contributed by atoms with Gasteiger partial charge < -0.3 is 19.3 Å². The number of imidazole rings is 1. The van der Waals surface area contributed by atoms with Crippen molar-refractivity contribution < 1.29 is 32.6 Å². The van der Waals surface area contributed by atoms with Gasteiger partial charge in [-0.2, -0.15) is 13.2 Å². The van der Waals surface area contributed by atoms with E-state index in [9.17, 15) is 18.0 Å². The van der Waals surface area contributed by atoms with Gasteiger partial charge in [-0.3, -0.25) is 9.69 Å². The van der Waals surface area contributed by atoms with Crippen molar-refractivity contribution in [2.24, 2.45) is 7.05 Å². The van der Waals surface area contributed by atoms with E-state index in [0.29, 0.717) is 25.5 Å². The molecule has 1 atom stereocenters.